The maximum Gasteiger partial charge on any atom is 0.309 e. The molecule has 1 aliphatic heterocycles. The van der Waals surface area contributed by atoms with Crippen LogP contribution in [0.5, 0.6) is 0 Å². The molecule has 1 heterocycles. The molecule has 0 saturated carbocycles. The van der Waals surface area contributed by atoms with Crippen LogP contribution in [0.1, 0.15) is 43.2 Å². The van der Waals surface area contributed by atoms with Gasteiger partial charge in [-0.1, -0.05) is 72.8 Å². The van der Waals surface area contributed by atoms with E-state index >= 15 is 0 Å². The Hall–Kier alpha value is -3.36. The van der Waals surface area contributed by atoms with Crippen LogP contribution in [0.2, 0.25) is 0 Å². The summed E-state index contributed by atoms with van der Waals surface area (Å²) >= 11 is 1.65. The fourth-order valence-electron chi connectivity index (χ4n) is 5.17. The number of carbonyl (C=O) groups is 3. The first-order valence-corrected chi connectivity index (χ1v) is 15.8. The van der Waals surface area contributed by atoms with Crippen LogP contribution in [0.3, 0.4) is 0 Å². The number of rotatable bonds is 18. The molecule has 0 radical (unpaired) electrons. The first-order valence-electron chi connectivity index (χ1n) is 14.7. The van der Waals surface area contributed by atoms with Crippen molar-refractivity contribution in [3.05, 3.63) is 97.1 Å². The molecule has 2 aromatic carbocycles. The number of likely N-dealkylation sites (tertiary alicyclic amines) is 1. The van der Waals surface area contributed by atoms with E-state index in [1.165, 1.54) is 0 Å². The molecular weight excluding hydrogens is 548 g/mol. The number of amides is 2. The Labute approximate surface area is 254 Å². The molecule has 2 N–H and O–H groups in total. The van der Waals surface area contributed by atoms with Crippen molar-refractivity contribution in [1.82, 2.24) is 10.2 Å². The second kappa shape index (κ2) is 18.2. The molecule has 42 heavy (non-hydrogen) atoms. The van der Waals surface area contributed by atoms with E-state index in [-0.39, 0.29) is 49.4 Å². The standard InChI is InChI=1S/C34H44N2O5S/c1-3-12-28(21-32(38)36-19-11-18-31(36)22-37)33(39)35-30(25-42-24-27-16-9-6-10-17-27)23-41-34(40)29(13-4-2)20-26-14-7-5-8-15-26/h3-10,14-17,28-31,37H,1-2,11-13,18-25H2,(H,35,39)/t28-,29-,30+,31-/m0/s1. The number of ether oxygens (including phenoxy) is 1. The topological polar surface area (TPSA) is 95.9 Å². The molecule has 3 rings (SSSR count). The molecule has 7 nitrogen and oxygen atoms in total. The third-order valence-electron chi connectivity index (χ3n) is 7.46. The van der Waals surface area contributed by atoms with Crippen molar-refractivity contribution >= 4 is 29.5 Å². The van der Waals surface area contributed by atoms with Gasteiger partial charge in [-0.25, -0.2) is 0 Å². The normalized spacial score (nSPS) is 16.7. The van der Waals surface area contributed by atoms with Gasteiger partial charge in [0.05, 0.1) is 30.5 Å². The highest BCUT2D eigenvalue weighted by atomic mass is 32.2. The molecule has 2 aromatic rings. The lowest BCUT2D eigenvalue weighted by atomic mass is 9.96. The smallest absolute Gasteiger partial charge is 0.309 e. The zero-order valence-electron chi connectivity index (χ0n) is 24.4. The molecule has 0 bridgehead atoms. The first-order chi connectivity index (χ1) is 20.4. The number of hydrogen-bond donors (Lipinski definition) is 2. The Kier molecular flexibility index (Phi) is 14.4. The molecule has 1 aliphatic rings. The molecule has 0 unspecified atom stereocenters. The summed E-state index contributed by atoms with van der Waals surface area (Å²) < 4.78 is 5.79. The van der Waals surface area contributed by atoms with Gasteiger partial charge in [-0.2, -0.15) is 11.8 Å². The molecule has 226 valence electrons. The minimum absolute atomic E-state index is 0.0300. The van der Waals surface area contributed by atoms with Crippen molar-refractivity contribution in [2.24, 2.45) is 11.8 Å². The lowest BCUT2D eigenvalue weighted by Gasteiger charge is -2.26. The number of aliphatic hydroxyl groups excluding tert-OH is 1. The van der Waals surface area contributed by atoms with Gasteiger partial charge in [-0.15, -0.1) is 13.2 Å². The van der Waals surface area contributed by atoms with Gasteiger partial charge >= 0.3 is 5.97 Å². The second-order valence-electron chi connectivity index (χ2n) is 10.7. The number of aliphatic hydroxyl groups is 1. The van der Waals surface area contributed by atoms with E-state index in [1.807, 2.05) is 60.7 Å². The monoisotopic (exact) mass is 592 g/mol. The van der Waals surface area contributed by atoms with E-state index in [4.69, 9.17) is 4.74 Å². The summed E-state index contributed by atoms with van der Waals surface area (Å²) in [7, 11) is 0. The van der Waals surface area contributed by atoms with Crippen LogP contribution in [-0.2, 0) is 31.3 Å². The number of nitrogens with zero attached hydrogens (tertiary/aromatic N) is 1. The van der Waals surface area contributed by atoms with Gasteiger partial charge in [0, 0.05) is 24.5 Å². The number of allylic oxidation sites excluding steroid dienone is 2. The molecule has 2 amide bonds. The number of esters is 1. The molecule has 0 aromatic heterocycles. The van der Waals surface area contributed by atoms with Crippen LogP contribution in [0.25, 0.3) is 0 Å². The van der Waals surface area contributed by atoms with Crippen molar-refractivity contribution in [3.63, 3.8) is 0 Å². The summed E-state index contributed by atoms with van der Waals surface area (Å²) in [6, 6.07) is 19.2. The van der Waals surface area contributed by atoms with E-state index in [9.17, 15) is 19.5 Å². The number of nitrogens with one attached hydrogen (secondary N) is 1. The van der Waals surface area contributed by atoms with Crippen molar-refractivity contribution in [2.45, 2.75) is 56.4 Å². The average Bonchev–Trinajstić information content (AvgIpc) is 3.49. The van der Waals surface area contributed by atoms with Crippen LogP contribution < -0.4 is 5.32 Å². The maximum absolute atomic E-state index is 13.5. The highest BCUT2D eigenvalue weighted by Gasteiger charge is 2.32. The summed E-state index contributed by atoms with van der Waals surface area (Å²) in [4.78, 5) is 41.3. The van der Waals surface area contributed by atoms with Gasteiger partial charge in [0.1, 0.15) is 6.61 Å². The maximum atomic E-state index is 13.5. The van der Waals surface area contributed by atoms with E-state index in [1.54, 1.807) is 28.8 Å². The van der Waals surface area contributed by atoms with E-state index in [0.717, 1.165) is 29.7 Å². The van der Waals surface area contributed by atoms with Gasteiger partial charge in [0.25, 0.3) is 0 Å². The molecular formula is C34H44N2O5S. The third-order valence-corrected chi connectivity index (χ3v) is 8.64. The fraction of sp³-hybridized carbons (Fsp3) is 0.441. The quantitative estimate of drug-likeness (QED) is 0.188. The third kappa shape index (κ3) is 10.8. The number of benzene rings is 2. The van der Waals surface area contributed by atoms with Crippen molar-refractivity contribution in [1.29, 1.82) is 0 Å². The average molecular weight is 593 g/mol. The summed E-state index contributed by atoms with van der Waals surface area (Å²) in [5.74, 6) is -0.414. The Morgan fingerprint density at radius 3 is 2.29 bits per heavy atom. The summed E-state index contributed by atoms with van der Waals surface area (Å²) in [6.07, 6.45) is 6.40. The predicted molar refractivity (Wildman–Crippen MR) is 169 cm³/mol. The number of hydrogen-bond acceptors (Lipinski definition) is 6. The van der Waals surface area contributed by atoms with Crippen molar-refractivity contribution in [2.75, 3.05) is 25.5 Å². The van der Waals surface area contributed by atoms with Crippen LogP contribution in [0, 0.1) is 11.8 Å². The molecule has 4 atom stereocenters. The summed E-state index contributed by atoms with van der Waals surface area (Å²) in [6.45, 7) is 8.14. The lowest BCUT2D eigenvalue weighted by Crippen LogP contribution is -2.45. The van der Waals surface area contributed by atoms with Crippen LogP contribution in [-0.4, -0.2) is 65.4 Å². The first kappa shape index (κ1) is 33.1. The van der Waals surface area contributed by atoms with Gasteiger partial charge in [0.15, 0.2) is 0 Å². The highest BCUT2D eigenvalue weighted by molar-refractivity contribution is 7.98. The fourth-order valence-corrected chi connectivity index (χ4v) is 6.18. The number of thioether (sulfide) groups is 1. The molecule has 8 heteroatoms. The van der Waals surface area contributed by atoms with Crippen LogP contribution in [0.15, 0.2) is 86.0 Å². The zero-order valence-corrected chi connectivity index (χ0v) is 25.2. The van der Waals surface area contributed by atoms with Gasteiger partial charge in [-0.3, -0.25) is 14.4 Å². The Balaban J connectivity index is 1.65. The number of carbonyl (C=O) groups excluding carboxylic acids is 3. The van der Waals surface area contributed by atoms with E-state index < -0.39 is 12.0 Å². The summed E-state index contributed by atoms with van der Waals surface area (Å²) in [5.41, 5.74) is 2.21. The van der Waals surface area contributed by atoms with E-state index in [2.05, 4.69) is 18.5 Å². The molecule has 1 fully saturated rings. The van der Waals surface area contributed by atoms with Gasteiger partial charge in [-0.05, 0) is 43.2 Å². The second-order valence-corrected chi connectivity index (χ2v) is 11.8. The molecule has 1 saturated heterocycles. The minimum Gasteiger partial charge on any atom is -0.463 e. The van der Waals surface area contributed by atoms with Crippen LogP contribution in [0.4, 0.5) is 0 Å². The predicted octanol–water partition coefficient (Wildman–Crippen LogP) is 4.95. The van der Waals surface area contributed by atoms with Gasteiger partial charge < -0.3 is 20.1 Å². The van der Waals surface area contributed by atoms with Crippen molar-refractivity contribution in [3.8, 4) is 0 Å². The van der Waals surface area contributed by atoms with Gasteiger partial charge in [0.2, 0.25) is 11.8 Å². The zero-order chi connectivity index (χ0) is 30.2. The molecule has 0 spiro atoms. The Morgan fingerprint density at radius 2 is 1.64 bits per heavy atom. The minimum atomic E-state index is -0.598. The Bertz CT molecular complexity index is 1140. The lowest BCUT2D eigenvalue weighted by molar-refractivity contribution is -0.149. The van der Waals surface area contributed by atoms with Crippen LogP contribution >= 0.6 is 11.8 Å². The molecule has 0 aliphatic carbocycles. The Morgan fingerprint density at radius 1 is 1.00 bits per heavy atom. The SMILES string of the molecule is C=CC[C@@H](CC(=O)N1CCC[C@H]1CO)C(=O)N[C@H](COC(=O)[C@@H](CC=C)Cc1ccccc1)CSCc1ccccc1. The largest absolute Gasteiger partial charge is 0.463 e. The highest BCUT2D eigenvalue weighted by Crippen LogP contribution is 2.22. The van der Waals surface area contributed by atoms with Crippen molar-refractivity contribution < 1.29 is 24.2 Å². The van der Waals surface area contributed by atoms with E-state index in [0.29, 0.717) is 31.6 Å². The summed E-state index contributed by atoms with van der Waals surface area (Å²) in [5, 5.41) is 12.7.